The van der Waals surface area contributed by atoms with Gasteiger partial charge in [-0.25, -0.2) is 5.48 Å². The fraction of sp³-hybridized carbons (Fsp3) is 0.750. The Morgan fingerprint density at radius 2 is 1.93 bits per heavy atom. The molecule has 0 aliphatic heterocycles. The molecule has 0 fully saturated rings. The van der Waals surface area contributed by atoms with Crippen molar-refractivity contribution in [3.63, 3.8) is 0 Å². The smallest absolute Gasteiger partial charge is 0.243 e. The number of nitrogens with one attached hydrogen (secondary N) is 1. The summed E-state index contributed by atoms with van der Waals surface area (Å²) in [5.74, 6) is -0.0112. The van der Waals surface area contributed by atoms with Crippen LogP contribution in [0.25, 0.3) is 0 Å². The Kier molecular flexibility index (Phi) is 10.6. The molecule has 0 atom stereocenters. The van der Waals surface area contributed by atoms with E-state index in [9.17, 15) is 4.79 Å². The lowest BCUT2D eigenvalue weighted by molar-refractivity contribution is -0.133. The van der Waals surface area contributed by atoms with Crippen molar-refractivity contribution in [1.82, 2.24) is 5.48 Å². The molecule has 0 heterocycles. The molecule has 0 aliphatic rings. The van der Waals surface area contributed by atoms with Gasteiger partial charge in [-0.1, -0.05) is 25.3 Å². The average Bonchev–Trinajstić information content (AvgIpc) is 2.25. The van der Waals surface area contributed by atoms with Crippen LogP contribution >= 0.6 is 0 Å². The second kappa shape index (κ2) is 11.2. The van der Waals surface area contributed by atoms with Crippen molar-refractivity contribution in [3.05, 3.63) is 12.7 Å². The predicted molar refractivity (Wildman–Crippen MR) is 62.3 cm³/mol. The summed E-state index contributed by atoms with van der Waals surface area (Å²) in [5.41, 5.74) is 2.39. The Morgan fingerprint density at radius 1 is 1.27 bits per heavy atom. The molecule has 0 saturated heterocycles. The molecule has 3 nitrogen and oxygen atoms in total. The average molecular weight is 213 g/mol. The summed E-state index contributed by atoms with van der Waals surface area (Å²) < 4.78 is 0. The minimum absolute atomic E-state index is 0.0112. The lowest BCUT2D eigenvalue weighted by Crippen LogP contribution is -2.23. The molecule has 1 amide bonds. The number of carbonyl (C=O) groups is 1. The number of amides is 1. The molecular formula is C12H23NO2. The molecule has 0 bridgehead atoms. The second-order valence-electron chi connectivity index (χ2n) is 3.55. The molecule has 0 unspecified atom stereocenters. The van der Waals surface area contributed by atoms with Crippen LogP contribution in [0.4, 0.5) is 0 Å². The van der Waals surface area contributed by atoms with E-state index in [1.54, 1.807) is 0 Å². The zero-order chi connectivity index (χ0) is 11.4. The van der Waals surface area contributed by atoms with Gasteiger partial charge in [0.15, 0.2) is 0 Å². The second-order valence-corrected chi connectivity index (χ2v) is 3.55. The maximum atomic E-state index is 11.1. The zero-order valence-corrected chi connectivity index (χ0v) is 9.76. The molecule has 0 spiro atoms. The van der Waals surface area contributed by atoms with Gasteiger partial charge in [0.05, 0.1) is 6.61 Å². The summed E-state index contributed by atoms with van der Waals surface area (Å²) in [6, 6.07) is 0. The van der Waals surface area contributed by atoms with E-state index < -0.39 is 0 Å². The first kappa shape index (κ1) is 14.2. The first-order valence-corrected chi connectivity index (χ1v) is 5.82. The number of hydrogen-bond donors (Lipinski definition) is 1. The van der Waals surface area contributed by atoms with E-state index in [-0.39, 0.29) is 5.91 Å². The van der Waals surface area contributed by atoms with E-state index in [1.807, 2.05) is 13.0 Å². The normalized spacial score (nSPS) is 9.93. The lowest BCUT2D eigenvalue weighted by atomic mass is 10.1. The molecule has 1 N–H and O–H groups in total. The number of hydroxylamine groups is 1. The van der Waals surface area contributed by atoms with Gasteiger partial charge >= 0.3 is 0 Å². The molecule has 0 aromatic carbocycles. The number of unbranched alkanes of at least 4 members (excludes halogenated alkanes) is 5. The summed E-state index contributed by atoms with van der Waals surface area (Å²) >= 11 is 0. The first-order valence-electron chi connectivity index (χ1n) is 5.82. The van der Waals surface area contributed by atoms with Crippen LogP contribution in [0.3, 0.4) is 0 Å². The van der Waals surface area contributed by atoms with Gasteiger partial charge in [0, 0.05) is 6.42 Å². The van der Waals surface area contributed by atoms with Crippen LogP contribution in [-0.2, 0) is 9.63 Å². The highest BCUT2D eigenvalue weighted by Gasteiger charge is 1.99. The van der Waals surface area contributed by atoms with Crippen LogP contribution in [-0.4, -0.2) is 12.5 Å². The first-order chi connectivity index (χ1) is 7.31. The zero-order valence-electron chi connectivity index (χ0n) is 9.76. The Bertz CT molecular complexity index is 169. The third-order valence-electron chi connectivity index (χ3n) is 2.14. The number of hydrogen-bond acceptors (Lipinski definition) is 2. The molecule has 15 heavy (non-hydrogen) atoms. The molecule has 0 radical (unpaired) electrons. The highest BCUT2D eigenvalue weighted by Crippen LogP contribution is 2.07. The molecule has 0 aliphatic carbocycles. The van der Waals surface area contributed by atoms with Crippen LogP contribution in [0.2, 0.25) is 0 Å². The summed E-state index contributed by atoms with van der Waals surface area (Å²) in [6.07, 6.45) is 9.36. The number of carbonyl (C=O) groups excluding carboxylic acids is 1. The number of allylic oxidation sites excluding steroid dienone is 1. The molecular weight excluding hydrogens is 190 g/mol. The van der Waals surface area contributed by atoms with Gasteiger partial charge in [-0.3, -0.25) is 9.63 Å². The highest BCUT2D eigenvalue weighted by atomic mass is 16.6. The number of rotatable bonds is 10. The van der Waals surface area contributed by atoms with Crippen molar-refractivity contribution >= 4 is 5.91 Å². The van der Waals surface area contributed by atoms with Gasteiger partial charge in [-0.2, -0.15) is 0 Å². The van der Waals surface area contributed by atoms with Crippen molar-refractivity contribution < 1.29 is 9.63 Å². The quantitative estimate of drug-likeness (QED) is 0.344. The van der Waals surface area contributed by atoms with Gasteiger partial charge < -0.3 is 0 Å². The topological polar surface area (TPSA) is 38.3 Å². The Morgan fingerprint density at radius 3 is 2.60 bits per heavy atom. The minimum Gasteiger partial charge on any atom is -0.274 e. The molecule has 0 rings (SSSR count). The van der Waals surface area contributed by atoms with Crippen molar-refractivity contribution in [2.75, 3.05) is 6.61 Å². The van der Waals surface area contributed by atoms with E-state index in [1.165, 1.54) is 19.3 Å². The maximum Gasteiger partial charge on any atom is 0.243 e. The summed E-state index contributed by atoms with van der Waals surface area (Å²) in [6.45, 7) is 6.05. The predicted octanol–water partition coefficient (Wildman–Crippen LogP) is 2.97. The minimum atomic E-state index is -0.0112. The van der Waals surface area contributed by atoms with Crippen LogP contribution < -0.4 is 5.48 Å². The van der Waals surface area contributed by atoms with Crippen molar-refractivity contribution in [3.8, 4) is 0 Å². The summed E-state index contributed by atoms with van der Waals surface area (Å²) in [4.78, 5) is 15.9. The Hall–Kier alpha value is -0.830. The lowest BCUT2D eigenvalue weighted by Gasteiger charge is -2.03. The maximum absolute atomic E-state index is 11.1. The van der Waals surface area contributed by atoms with Gasteiger partial charge in [0.2, 0.25) is 5.91 Å². The van der Waals surface area contributed by atoms with E-state index in [0.717, 1.165) is 19.3 Å². The fourth-order valence-corrected chi connectivity index (χ4v) is 1.31. The largest absolute Gasteiger partial charge is 0.274 e. The Balaban J connectivity index is 3.09. The monoisotopic (exact) mass is 213 g/mol. The standard InChI is InChI=1S/C12H23NO2/c1-3-5-6-7-8-9-10-11-12(14)13-15-4-2/h3H,1,4-11H2,2H3,(H,13,14). The highest BCUT2D eigenvalue weighted by molar-refractivity contribution is 5.74. The van der Waals surface area contributed by atoms with E-state index in [2.05, 4.69) is 12.1 Å². The third-order valence-corrected chi connectivity index (χ3v) is 2.14. The van der Waals surface area contributed by atoms with E-state index >= 15 is 0 Å². The molecule has 0 saturated carbocycles. The van der Waals surface area contributed by atoms with Gasteiger partial charge in [0.25, 0.3) is 0 Å². The summed E-state index contributed by atoms with van der Waals surface area (Å²) in [5, 5.41) is 0. The fourth-order valence-electron chi connectivity index (χ4n) is 1.31. The molecule has 3 heteroatoms. The van der Waals surface area contributed by atoms with Crippen molar-refractivity contribution in [2.45, 2.75) is 51.9 Å². The van der Waals surface area contributed by atoms with Gasteiger partial charge in [0.1, 0.15) is 0 Å². The van der Waals surface area contributed by atoms with E-state index in [0.29, 0.717) is 13.0 Å². The third kappa shape index (κ3) is 11.1. The van der Waals surface area contributed by atoms with Crippen LogP contribution in [0.1, 0.15) is 51.9 Å². The van der Waals surface area contributed by atoms with Gasteiger partial charge in [-0.05, 0) is 26.2 Å². The van der Waals surface area contributed by atoms with Crippen molar-refractivity contribution in [1.29, 1.82) is 0 Å². The van der Waals surface area contributed by atoms with Crippen molar-refractivity contribution in [2.24, 2.45) is 0 Å². The SMILES string of the molecule is C=CCCCCCCCC(=O)NOCC. The molecule has 88 valence electrons. The van der Waals surface area contributed by atoms with Gasteiger partial charge in [-0.15, -0.1) is 6.58 Å². The van der Waals surface area contributed by atoms with Crippen LogP contribution in [0, 0.1) is 0 Å². The summed E-state index contributed by atoms with van der Waals surface area (Å²) in [7, 11) is 0. The van der Waals surface area contributed by atoms with E-state index in [4.69, 9.17) is 4.84 Å². The molecule has 0 aromatic rings. The Labute approximate surface area is 92.8 Å². The van der Waals surface area contributed by atoms with Crippen LogP contribution in [0.15, 0.2) is 12.7 Å². The van der Waals surface area contributed by atoms with Crippen LogP contribution in [0.5, 0.6) is 0 Å². The molecule has 0 aromatic heterocycles.